The molecule has 0 atom stereocenters. The lowest BCUT2D eigenvalue weighted by Gasteiger charge is -2.20. The van der Waals surface area contributed by atoms with E-state index in [2.05, 4.69) is 26.3 Å². The number of carbonyl (C=O) groups excluding carboxylic acids is 5. The molecule has 0 unspecified atom stereocenters. The van der Waals surface area contributed by atoms with Crippen molar-refractivity contribution in [3.63, 3.8) is 0 Å². The van der Waals surface area contributed by atoms with Crippen LogP contribution < -0.4 is 26.0 Å². The number of nitrogens with one attached hydrogen (secondary N) is 4. The number of benzene rings is 5. The van der Waals surface area contributed by atoms with Crippen molar-refractivity contribution in [1.29, 1.82) is 0 Å². The number of hydrogen-bond donors (Lipinski definition) is 6. The number of rotatable bonds is 18. The van der Waals surface area contributed by atoms with Gasteiger partial charge in [-0.3, -0.25) is 29.5 Å². The highest BCUT2D eigenvalue weighted by atomic mass is 19.1. The van der Waals surface area contributed by atoms with Crippen LogP contribution in [-0.2, 0) is 25.6 Å². The van der Waals surface area contributed by atoms with Gasteiger partial charge in [0.25, 0.3) is 11.8 Å². The van der Waals surface area contributed by atoms with E-state index in [0.29, 0.717) is 69.0 Å². The molecule has 0 saturated heterocycles. The average Bonchev–Trinajstić information content (AvgIpc) is 4.13. The molecule has 346 valence electrons. The van der Waals surface area contributed by atoms with E-state index in [1.54, 1.807) is 86.0 Å². The SMILES string of the molecule is CC(C)c1cc(C(=O)N(C)Cc2cccc(C(=O)NCCOCCOC(=O)Nc3ccc4nccc(Oc5ccc(NC(=O)C6(C(=O)Nc7ccc(F)cc7)CC6)cc5)c4c3)c2)c(O)cc1O. The van der Waals surface area contributed by atoms with Crippen LogP contribution in [0.15, 0.2) is 115 Å². The molecular weight excluding hydrogens is 864 g/mol. The molecular formula is C50H49FN6O10. The molecule has 0 spiro atoms. The van der Waals surface area contributed by atoms with Gasteiger partial charge in [-0.2, -0.15) is 0 Å². The standard InChI is InChI=1S/C50H49FN6O10/c1-30(2)38-27-40(43(59)28-42(38)58)46(61)57(3)29-31-5-4-6-32(25-31)45(60)53-21-22-65-23-24-66-49(64)56-36-13-16-41-39(26-36)44(17-20-52-41)67-37-14-11-35(12-15-37)55-48(63)50(18-19-50)47(62)54-34-9-7-33(51)8-10-34/h4-17,20,25-28,30,58-59H,18-19,21-24,29H2,1-3H3,(H,53,60)(H,54,62)(H,55,63)(H,56,64). The molecule has 1 aliphatic carbocycles. The Kier molecular flexibility index (Phi) is 14.6. The molecule has 7 rings (SSSR count). The van der Waals surface area contributed by atoms with Gasteiger partial charge >= 0.3 is 6.09 Å². The molecule has 1 heterocycles. The van der Waals surface area contributed by atoms with Gasteiger partial charge in [-0.25, -0.2) is 9.18 Å². The van der Waals surface area contributed by atoms with Gasteiger partial charge < -0.3 is 45.3 Å². The number of fused-ring (bicyclic) bond motifs is 1. The highest BCUT2D eigenvalue weighted by Crippen LogP contribution is 2.47. The lowest BCUT2D eigenvalue weighted by atomic mass is 9.98. The largest absolute Gasteiger partial charge is 0.508 e. The number of phenols is 2. The average molecular weight is 913 g/mol. The molecule has 67 heavy (non-hydrogen) atoms. The van der Waals surface area contributed by atoms with Gasteiger partial charge in [-0.05, 0) is 121 Å². The molecule has 6 N–H and O–H groups in total. The summed E-state index contributed by atoms with van der Waals surface area (Å²) < 4.78 is 30.3. The maximum Gasteiger partial charge on any atom is 0.411 e. The number of anilines is 3. The third-order valence-electron chi connectivity index (χ3n) is 11.0. The fourth-order valence-electron chi connectivity index (χ4n) is 7.12. The van der Waals surface area contributed by atoms with Gasteiger partial charge in [0.05, 0.1) is 24.3 Å². The molecule has 0 bridgehead atoms. The lowest BCUT2D eigenvalue weighted by Crippen LogP contribution is -2.35. The summed E-state index contributed by atoms with van der Waals surface area (Å²) in [6.07, 6.45) is 1.65. The Hall–Kier alpha value is -8.05. The maximum absolute atomic E-state index is 13.3. The van der Waals surface area contributed by atoms with Crippen molar-refractivity contribution in [2.75, 3.05) is 49.4 Å². The van der Waals surface area contributed by atoms with Crippen LogP contribution in [-0.4, -0.2) is 83.2 Å². The van der Waals surface area contributed by atoms with E-state index in [4.69, 9.17) is 14.2 Å². The number of aromatic nitrogens is 1. The Morgan fingerprint density at radius 2 is 1.46 bits per heavy atom. The minimum absolute atomic E-state index is 0.0567. The van der Waals surface area contributed by atoms with E-state index in [-0.39, 0.29) is 61.8 Å². The number of carbonyl (C=O) groups is 5. The van der Waals surface area contributed by atoms with Gasteiger partial charge in [0.2, 0.25) is 11.8 Å². The molecule has 5 amide bonds. The molecule has 6 aromatic rings. The Balaban J connectivity index is 0.822. The molecule has 1 saturated carbocycles. The van der Waals surface area contributed by atoms with Crippen LogP contribution >= 0.6 is 0 Å². The smallest absolute Gasteiger partial charge is 0.411 e. The summed E-state index contributed by atoms with van der Waals surface area (Å²) in [5.41, 5.74) is 2.37. The van der Waals surface area contributed by atoms with E-state index < -0.39 is 35.0 Å². The predicted molar refractivity (Wildman–Crippen MR) is 248 cm³/mol. The minimum Gasteiger partial charge on any atom is -0.508 e. The van der Waals surface area contributed by atoms with Crippen LogP contribution in [0.1, 0.15) is 64.4 Å². The van der Waals surface area contributed by atoms with E-state index >= 15 is 0 Å². The second-order valence-corrected chi connectivity index (χ2v) is 16.2. The predicted octanol–water partition coefficient (Wildman–Crippen LogP) is 8.33. The van der Waals surface area contributed by atoms with Crippen LogP contribution in [0.25, 0.3) is 10.9 Å². The number of aromatic hydroxyl groups is 2. The summed E-state index contributed by atoms with van der Waals surface area (Å²) >= 11 is 0. The van der Waals surface area contributed by atoms with Crippen LogP contribution in [0.4, 0.5) is 26.2 Å². The van der Waals surface area contributed by atoms with Gasteiger partial charge in [-0.15, -0.1) is 0 Å². The first kappa shape index (κ1) is 46.9. The summed E-state index contributed by atoms with van der Waals surface area (Å²) in [7, 11) is 1.58. The fraction of sp³-hybridized carbons (Fsp3) is 0.240. The van der Waals surface area contributed by atoms with Crippen LogP contribution in [0, 0.1) is 11.2 Å². The summed E-state index contributed by atoms with van der Waals surface area (Å²) in [5, 5.41) is 32.1. The molecule has 17 heteroatoms. The minimum atomic E-state index is -1.21. The van der Waals surface area contributed by atoms with Gasteiger partial charge in [0, 0.05) is 60.4 Å². The zero-order valence-electron chi connectivity index (χ0n) is 36.9. The first-order valence-corrected chi connectivity index (χ1v) is 21.4. The molecule has 1 aromatic heterocycles. The Morgan fingerprint density at radius 3 is 2.15 bits per heavy atom. The normalized spacial score (nSPS) is 12.5. The van der Waals surface area contributed by atoms with Crippen LogP contribution in [0.2, 0.25) is 0 Å². The number of nitrogens with zero attached hydrogens (tertiary/aromatic N) is 2. The summed E-state index contributed by atoms with van der Waals surface area (Å²) in [6.45, 7) is 4.26. The number of halogens is 1. The highest BCUT2D eigenvalue weighted by Gasteiger charge is 2.56. The van der Waals surface area contributed by atoms with Gasteiger partial charge in [0.1, 0.15) is 40.8 Å². The van der Waals surface area contributed by atoms with E-state index in [1.807, 2.05) is 13.8 Å². The highest BCUT2D eigenvalue weighted by molar-refractivity contribution is 6.17. The van der Waals surface area contributed by atoms with Crippen molar-refractivity contribution in [3.8, 4) is 23.0 Å². The Labute approximate surface area is 385 Å². The van der Waals surface area contributed by atoms with Crippen molar-refractivity contribution in [1.82, 2.24) is 15.2 Å². The lowest BCUT2D eigenvalue weighted by molar-refractivity contribution is -0.131. The molecule has 0 aliphatic heterocycles. The maximum atomic E-state index is 13.3. The summed E-state index contributed by atoms with van der Waals surface area (Å²) in [5.74, 6) is -1.67. The molecule has 1 fully saturated rings. The van der Waals surface area contributed by atoms with Crippen LogP contribution in [0.3, 0.4) is 0 Å². The van der Waals surface area contributed by atoms with Gasteiger partial charge in [-0.1, -0.05) is 26.0 Å². The molecule has 1 aliphatic rings. The topological polar surface area (TPSA) is 218 Å². The number of hydrogen-bond acceptors (Lipinski definition) is 11. The first-order chi connectivity index (χ1) is 32.2. The van der Waals surface area contributed by atoms with Gasteiger partial charge in [0.15, 0.2) is 0 Å². The van der Waals surface area contributed by atoms with E-state index in [1.165, 1.54) is 41.3 Å². The zero-order valence-corrected chi connectivity index (χ0v) is 36.9. The third-order valence-corrected chi connectivity index (χ3v) is 11.0. The van der Waals surface area contributed by atoms with Crippen molar-refractivity contribution < 1.29 is 52.8 Å². The van der Waals surface area contributed by atoms with Crippen molar-refractivity contribution >= 4 is 57.7 Å². The fourth-order valence-corrected chi connectivity index (χ4v) is 7.12. The quantitative estimate of drug-likeness (QED) is 0.0356. The number of ether oxygens (including phenoxy) is 3. The van der Waals surface area contributed by atoms with E-state index in [0.717, 1.165) is 0 Å². The molecule has 0 radical (unpaired) electrons. The Morgan fingerprint density at radius 1 is 0.776 bits per heavy atom. The molecule has 16 nitrogen and oxygen atoms in total. The van der Waals surface area contributed by atoms with Crippen molar-refractivity contribution in [2.45, 2.75) is 39.2 Å². The van der Waals surface area contributed by atoms with Crippen molar-refractivity contribution in [2.24, 2.45) is 5.41 Å². The first-order valence-electron chi connectivity index (χ1n) is 21.4. The second kappa shape index (κ2) is 20.8. The monoisotopic (exact) mass is 912 g/mol. The van der Waals surface area contributed by atoms with Crippen LogP contribution in [0.5, 0.6) is 23.0 Å². The second-order valence-electron chi connectivity index (χ2n) is 16.2. The molecule has 5 aromatic carbocycles. The zero-order chi connectivity index (χ0) is 47.7. The van der Waals surface area contributed by atoms with E-state index in [9.17, 15) is 38.6 Å². The number of amides is 5. The number of pyridine rings is 1. The summed E-state index contributed by atoms with van der Waals surface area (Å²) in [4.78, 5) is 70.6. The van der Waals surface area contributed by atoms with Crippen molar-refractivity contribution in [3.05, 3.63) is 143 Å². The third kappa shape index (κ3) is 11.8. The number of phenolic OH excluding ortho intramolecular Hbond substituents is 2. The summed E-state index contributed by atoms with van der Waals surface area (Å²) in [6, 6.07) is 28.2. The Bertz CT molecular complexity index is 2800.